The number of benzene rings is 1. The molecule has 5 rings (SSSR count). The van der Waals surface area contributed by atoms with Crippen molar-refractivity contribution in [2.45, 2.75) is 36.7 Å². The van der Waals surface area contributed by atoms with Crippen molar-refractivity contribution in [2.24, 2.45) is 5.92 Å². The van der Waals surface area contributed by atoms with Crippen LogP contribution >= 0.6 is 0 Å². The Kier molecular flexibility index (Phi) is 3.36. The summed E-state index contributed by atoms with van der Waals surface area (Å²) in [7, 11) is -3.22. The molecule has 1 aromatic heterocycles. The fourth-order valence-corrected chi connectivity index (χ4v) is 6.28. The van der Waals surface area contributed by atoms with Gasteiger partial charge in [-0.15, -0.1) is 0 Å². The summed E-state index contributed by atoms with van der Waals surface area (Å²) < 4.78 is 28.6. The maximum absolute atomic E-state index is 12.5. The molecule has 25 heavy (non-hydrogen) atoms. The Morgan fingerprint density at radius 3 is 2.72 bits per heavy atom. The molecule has 0 bridgehead atoms. The van der Waals surface area contributed by atoms with E-state index >= 15 is 0 Å². The molecule has 0 radical (unpaired) electrons. The molecule has 3 heterocycles. The Morgan fingerprint density at radius 1 is 1.16 bits per heavy atom. The second-order valence-electron chi connectivity index (χ2n) is 7.34. The predicted molar refractivity (Wildman–Crippen MR) is 93.4 cm³/mol. The first-order valence-electron chi connectivity index (χ1n) is 8.85. The normalized spacial score (nSPS) is 29.4. The smallest absolute Gasteiger partial charge is 0.217 e. The summed E-state index contributed by atoms with van der Waals surface area (Å²) >= 11 is 0. The van der Waals surface area contributed by atoms with Crippen molar-refractivity contribution in [3.63, 3.8) is 0 Å². The number of aromatic nitrogens is 2. The van der Waals surface area contributed by atoms with Gasteiger partial charge >= 0.3 is 0 Å². The van der Waals surface area contributed by atoms with Crippen LogP contribution in [0.5, 0.6) is 0 Å². The molecule has 2 unspecified atom stereocenters. The summed E-state index contributed by atoms with van der Waals surface area (Å²) in [5.74, 6) is -0.0118. The number of fused-ring (bicyclic) bond motifs is 3. The van der Waals surface area contributed by atoms with Crippen molar-refractivity contribution in [1.82, 2.24) is 13.9 Å². The highest BCUT2D eigenvalue weighted by Gasteiger charge is 2.46. The third-order valence-electron chi connectivity index (χ3n) is 5.83. The van der Waals surface area contributed by atoms with Crippen molar-refractivity contribution < 1.29 is 13.5 Å². The quantitative estimate of drug-likeness (QED) is 0.904. The first kappa shape index (κ1) is 15.5. The molecule has 3 atom stereocenters. The van der Waals surface area contributed by atoms with Crippen LogP contribution < -0.4 is 0 Å². The van der Waals surface area contributed by atoms with E-state index in [9.17, 15) is 13.5 Å². The van der Waals surface area contributed by atoms with Gasteiger partial charge in [0.25, 0.3) is 0 Å². The van der Waals surface area contributed by atoms with Crippen molar-refractivity contribution in [2.75, 3.05) is 13.1 Å². The van der Waals surface area contributed by atoms with Gasteiger partial charge in [-0.2, -0.15) is 4.31 Å². The highest BCUT2D eigenvalue weighted by Crippen LogP contribution is 2.46. The molecule has 1 aliphatic carbocycles. The van der Waals surface area contributed by atoms with E-state index in [0.29, 0.717) is 13.0 Å². The van der Waals surface area contributed by atoms with Crippen LogP contribution in [0.25, 0.3) is 11.3 Å². The van der Waals surface area contributed by atoms with E-state index in [4.69, 9.17) is 0 Å². The zero-order chi connectivity index (χ0) is 17.2. The fraction of sp³-hybridized carbons (Fsp3) is 0.500. The van der Waals surface area contributed by atoms with Crippen LogP contribution in [0.15, 0.2) is 36.8 Å². The largest absolute Gasteiger partial charge is 0.391 e. The molecule has 1 saturated carbocycles. The standard InChI is InChI=1S/C18H21N3O3S/c22-17-10-20(25(23,24)12-5-6-12)8-7-15(17)18-14-4-2-1-3-13(14)16-9-19-11-21(16)18/h1-4,9,11-12,15,17-18,22H,5-8,10H2/t15?,17?,18-/m1/s1. The molecule has 1 N–H and O–H groups in total. The number of β-amino-alcohol motifs (C(OH)–C–C–N with tert-alkyl or cyclic N) is 1. The summed E-state index contributed by atoms with van der Waals surface area (Å²) in [6.07, 6.45) is 5.18. The number of imidazole rings is 1. The number of hydrogen-bond acceptors (Lipinski definition) is 4. The van der Waals surface area contributed by atoms with Gasteiger partial charge in [-0.3, -0.25) is 0 Å². The lowest BCUT2D eigenvalue weighted by molar-refractivity contribution is 0.0342. The number of aliphatic hydroxyl groups is 1. The van der Waals surface area contributed by atoms with Gasteiger partial charge in [0, 0.05) is 24.6 Å². The van der Waals surface area contributed by atoms with Crippen LogP contribution in [0.3, 0.4) is 0 Å². The summed E-state index contributed by atoms with van der Waals surface area (Å²) in [5, 5.41) is 10.6. The van der Waals surface area contributed by atoms with Crippen LogP contribution in [0, 0.1) is 5.92 Å². The highest BCUT2D eigenvalue weighted by molar-refractivity contribution is 7.90. The summed E-state index contributed by atoms with van der Waals surface area (Å²) in [6.45, 7) is 0.690. The molecule has 6 nitrogen and oxygen atoms in total. The van der Waals surface area contributed by atoms with E-state index in [1.165, 1.54) is 9.87 Å². The van der Waals surface area contributed by atoms with Gasteiger partial charge in [-0.1, -0.05) is 24.3 Å². The molecule has 0 spiro atoms. The third kappa shape index (κ3) is 2.29. The first-order chi connectivity index (χ1) is 12.1. The molecule has 3 aliphatic rings. The summed E-state index contributed by atoms with van der Waals surface area (Å²) in [6, 6.07) is 8.24. The number of rotatable bonds is 3. The van der Waals surface area contributed by atoms with Crippen LogP contribution in [0.4, 0.5) is 0 Å². The van der Waals surface area contributed by atoms with Crippen LogP contribution in [-0.4, -0.2) is 51.8 Å². The lowest BCUT2D eigenvalue weighted by atomic mass is 9.84. The Bertz CT molecular complexity index is 919. The SMILES string of the molecule is O=S(=O)(C1CC1)N1CCC([C@H]2c3ccccc3-c3cncn32)C(O)C1. The molecule has 2 aliphatic heterocycles. The summed E-state index contributed by atoms with van der Waals surface area (Å²) in [5.41, 5.74) is 3.42. The topological polar surface area (TPSA) is 75.4 Å². The van der Waals surface area contributed by atoms with E-state index < -0.39 is 16.1 Å². The van der Waals surface area contributed by atoms with Crippen molar-refractivity contribution in [3.05, 3.63) is 42.4 Å². The molecular weight excluding hydrogens is 338 g/mol. The van der Waals surface area contributed by atoms with Crippen LogP contribution in [0.1, 0.15) is 30.9 Å². The van der Waals surface area contributed by atoms with Gasteiger partial charge in [0.2, 0.25) is 10.0 Å². The zero-order valence-electron chi connectivity index (χ0n) is 13.8. The summed E-state index contributed by atoms with van der Waals surface area (Å²) in [4.78, 5) is 4.27. The van der Waals surface area contributed by atoms with E-state index in [1.54, 1.807) is 0 Å². The van der Waals surface area contributed by atoms with Gasteiger partial charge in [-0.05, 0) is 24.8 Å². The van der Waals surface area contributed by atoms with Crippen molar-refractivity contribution >= 4 is 10.0 Å². The minimum absolute atomic E-state index is 0.0118. The number of piperidine rings is 1. The third-order valence-corrected chi connectivity index (χ3v) is 8.19. The zero-order valence-corrected chi connectivity index (χ0v) is 14.6. The van der Waals surface area contributed by atoms with Crippen LogP contribution in [-0.2, 0) is 10.0 Å². The molecule has 2 fully saturated rings. The Morgan fingerprint density at radius 2 is 1.96 bits per heavy atom. The lowest BCUT2D eigenvalue weighted by Crippen LogP contribution is -2.49. The van der Waals surface area contributed by atoms with Gasteiger partial charge < -0.3 is 9.67 Å². The Hall–Kier alpha value is -1.70. The van der Waals surface area contributed by atoms with Crippen LogP contribution in [0.2, 0.25) is 0 Å². The predicted octanol–water partition coefficient (Wildman–Crippen LogP) is 1.63. The molecule has 7 heteroatoms. The molecule has 1 saturated heterocycles. The Labute approximate surface area is 147 Å². The minimum Gasteiger partial charge on any atom is -0.391 e. The molecule has 132 valence electrons. The molecule has 1 aromatic carbocycles. The van der Waals surface area contributed by atoms with E-state index in [1.807, 2.05) is 24.7 Å². The molecular formula is C18H21N3O3S. The minimum atomic E-state index is -3.22. The fourth-order valence-electron chi connectivity index (χ4n) is 4.41. The number of sulfonamides is 1. The number of aliphatic hydroxyl groups excluding tert-OH is 1. The second kappa shape index (κ2) is 5.40. The molecule has 2 aromatic rings. The van der Waals surface area contributed by atoms with Gasteiger partial charge in [0.1, 0.15) is 0 Å². The lowest BCUT2D eigenvalue weighted by Gasteiger charge is -2.38. The first-order valence-corrected chi connectivity index (χ1v) is 10.4. The number of nitrogens with zero attached hydrogens (tertiary/aromatic N) is 3. The van der Waals surface area contributed by atoms with E-state index in [-0.39, 0.29) is 23.8 Å². The van der Waals surface area contributed by atoms with E-state index in [2.05, 4.69) is 21.7 Å². The maximum Gasteiger partial charge on any atom is 0.217 e. The average Bonchev–Trinajstić information content (AvgIpc) is 3.29. The Balaban J connectivity index is 1.45. The van der Waals surface area contributed by atoms with Gasteiger partial charge in [0.05, 0.1) is 35.6 Å². The van der Waals surface area contributed by atoms with Crippen molar-refractivity contribution in [1.29, 1.82) is 0 Å². The molecule has 0 amide bonds. The number of hydrogen-bond donors (Lipinski definition) is 1. The maximum atomic E-state index is 12.5. The van der Waals surface area contributed by atoms with Gasteiger partial charge in [0.15, 0.2) is 0 Å². The monoisotopic (exact) mass is 359 g/mol. The highest BCUT2D eigenvalue weighted by atomic mass is 32.2. The second-order valence-corrected chi connectivity index (χ2v) is 9.55. The van der Waals surface area contributed by atoms with Crippen molar-refractivity contribution in [3.8, 4) is 11.3 Å². The average molecular weight is 359 g/mol. The van der Waals surface area contributed by atoms with Gasteiger partial charge in [-0.25, -0.2) is 13.4 Å². The van der Waals surface area contributed by atoms with E-state index in [0.717, 1.165) is 24.1 Å².